The van der Waals surface area contributed by atoms with Crippen LogP contribution >= 0.6 is 0 Å². The number of alkyl carbamates (subject to hydrolysis) is 1. The van der Waals surface area contributed by atoms with E-state index in [1.807, 2.05) is 24.3 Å². The summed E-state index contributed by atoms with van der Waals surface area (Å²) in [7, 11) is 0. The predicted octanol–water partition coefficient (Wildman–Crippen LogP) is 3.42. The van der Waals surface area contributed by atoms with Gasteiger partial charge in [0.2, 0.25) is 0 Å². The summed E-state index contributed by atoms with van der Waals surface area (Å²) in [5, 5.41) is 12.0. The number of carboxylic acid groups (broad SMARTS) is 1. The van der Waals surface area contributed by atoms with Gasteiger partial charge < -0.3 is 9.84 Å². The number of ether oxygens (including phenoxy) is 1. The Morgan fingerprint density at radius 3 is 2.14 bits per heavy atom. The number of aliphatic carboxylic acids is 1. The van der Waals surface area contributed by atoms with Crippen molar-refractivity contribution in [1.82, 2.24) is 10.2 Å². The van der Waals surface area contributed by atoms with Gasteiger partial charge in [-0.3, -0.25) is 10.2 Å². The number of hydrogen-bond donors (Lipinski definition) is 2. The normalized spacial score (nSPS) is 17.4. The summed E-state index contributed by atoms with van der Waals surface area (Å²) in [6, 6.07) is 16.2. The van der Waals surface area contributed by atoms with Crippen molar-refractivity contribution in [1.29, 1.82) is 0 Å². The van der Waals surface area contributed by atoms with Gasteiger partial charge in [-0.2, -0.15) is 0 Å². The lowest BCUT2D eigenvalue weighted by Gasteiger charge is -2.31. The van der Waals surface area contributed by atoms with Crippen molar-refractivity contribution in [2.75, 3.05) is 19.7 Å². The van der Waals surface area contributed by atoms with Crippen LogP contribution in [-0.4, -0.2) is 47.9 Å². The Balaban J connectivity index is 1.44. The highest BCUT2D eigenvalue weighted by Crippen LogP contribution is 2.44. The van der Waals surface area contributed by atoms with Crippen LogP contribution in [0, 0.1) is 0 Å². The lowest BCUT2D eigenvalue weighted by Crippen LogP contribution is -2.54. The predicted molar refractivity (Wildman–Crippen MR) is 105 cm³/mol. The molecule has 4 rings (SSSR count). The second-order valence-electron chi connectivity index (χ2n) is 7.31. The fraction of sp³-hybridized carbons (Fsp3) is 0.364. The van der Waals surface area contributed by atoms with Gasteiger partial charge in [0.1, 0.15) is 6.61 Å². The number of piperidine rings is 1. The number of carbonyl (C=O) groups excluding carboxylic acids is 1. The fourth-order valence-electron chi connectivity index (χ4n) is 4.24. The molecule has 0 radical (unpaired) electrons. The lowest BCUT2D eigenvalue weighted by atomic mass is 9.98. The minimum Gasteiger partial charge on any atom is -0.479 e. The molecular formula is C22H24N2O4. The Morgan fingerprint density at radius 2 is 1.57 bits per heavy atom. The van der Waals surface area contributed by atoms with Crippen LogP contribution < -0.4 is 5.32 Å². The molecule has 2 aromatic rings. The molecule has 1 amide bonds. The van der Waals surface area contributed by atoms with Gasteiger partial charge in [0, 0.05) is 19.0 Å². The summed E-state index contributed by atoms with van der Waals surface area (Å²) in [6.07, 6.45) is 1.23. The molecule has 0 saturated carbocycles. The third-order valence-corrected chi connectivity index (χ3v) is 5.59. The van der Waals surface area contributed by atoms with Gasteiger partial charge in [0.05, 0.1) is 0 Å². The molecule has 0 aromatic heterocycles. The van der Waals surface area contributed by atoms with Crippen LogP contribution in [0.1, 0.15) is 36.3 Å². The molecule has 0 bridgehead atoms. The van der Waals surface area contributed by atoms with Crippen LogP contribution in [0.2, 0.25) is 0 Å². The number of fused-ring (bicyclic) bond motifs is 3. The largest absolute Gasteiger partial charge is 0.479 e. The summed E-state index contributed by atoms with van der Waals surface area (Å²) >= 11 is 0. The molecule has 2 aliphatic rings. The number of carboxylic acids is 1. The fourth-order valence-corrected chi connectivity index (χ4v) is 4.24. The summed E-state index contributed by atoms with van der Waals surface area (Å²) < 4.78 is 5.47. The number of rotatable bonds is 5. The van der Waals surface area contributed by atoms with Crippen molar-refractivity contribution in [3.63, 3.8) is 0 Å². The van der Waals surface area contributed by atoms with Crippen molar-refractivity contribution in [2.45, 2.75) is 31.3 Å². The maximum atomic E-state index is 12.4. The highest BCUT2D eigenvalue weighted by molar-refractivity contribution is 5.80. The first-order valence-corrected chi connectivity index (χ1v) is 9.73. The minimum atomic E-state index is -1.06. The quantitative estimate of drug-likeness (QED) is 0.831. The smallest absolute Gasteiger partial charge is 0.408 e. The number of amides is 1. The third-order valence-electron chi connectivity index (χ3n) is 5.59. The number of likely N-dealkylation sites (tertiary alicyclic amines) is 1. The first-order chi connectivity index (χ1) is 13.6. The number of benzene rings is 2. The van der Waals surface area contributed by atoms with Gasteiger partial charge in [-0.25, -0.2) is 9.59 Å². The molecule has 28 heavy (non-hydrogen) atoms. The zero-order valence-corrected chi connectivity index (χ0v) is 15.6. The van der Waals surface area contributed by atoms with E-state index in [1.54, 1.807) is 4.90 Å². The molecule has 1 aliphatic heterocycles. The van der Waals surface area contributed by atoms with Crippen molar-refractivity contribution in [2.24, 2.45) is 0 Å². The van der Waals surface area contributed by atoms with Gasteiger partial charge in [0.15, 0.2) is 6.17 Å². The Hall–Kier alpha value is -2.86. The molecule has 1 aliphatic carbocycles. The van der Waals surface area contributed by atoms with Crippen LogP contribution in [0.15, 0.2) is 48.5 Å². The molecule has 146 valence electrons. The van der Waals surface area contributed by atoms with Gasteiger partial charge >= 0.3 is 12.1 Å². The van der Waals surface area contributed by atoms with Crippen molar-refractivity contribution < 1.29 is 19.4 Å². The maximum absolute atomic E-state index is 12.4. The summed E-state index contributed by atoms with van der Waals surface area (Å²) in [4.78, 5) is 25.8. The summed E-state index contributed by atoms with van der Waals surface area (Å²) in [6.45, 7) is 1.51. The number of hydrogen-bond acceptors (Lipinski definition) is 4. The highest BCUT2D eigenvalue weighted by Gasteiger charge is 2.31. The van der Waals surface area contributed by atoms with Gasteiger partial charge in [-0.15, -0.1) is 0 Å². The molecule has 2 aromatic carbocycles. The number of carbonyl (C=O) groups is 2. The Morgan fingerprint density at radius 1 is 1.00 bits per heavy atom. The summed E-state index contributed by atoms with van der Waals surface area (Å²) in [5.74, 6) is -1.10. The second kappa shape index (κ2) is 8.02. The van der Waals surface area contributed by atoms with Crippen molar-refractivity contribution >= 4 is 12.1 Å². The molecule has 1 saturated heterocycles. The Kier molecular flexibility index (Phi) is 5.30. The third kappa shape index (κ3) is 3.60. The van der Waals surface area contributed by atoms with Crippen LogP contribution in [-0.2, 0) is 9.53 Å². The standard InChI is InChI=1S/C22H24N2O4/c25-21(26)20(24-12-6-1-7-13-24)23-22(27)28-14-19-17-10-4-2-8-15(17)16-9-3-5-11-18(16)19/h2-5,8-11,19-20H,1,6-7,12-14H2,(H,23,27)(H,25,26)/t20-/m0/s1. The van der Waals surface area contributed by atoms with E-state index in [1.165, 1.54) is 0 Å². The zero-order valence-electron chi connectivity index (χ0n) is 15.6. The molecule has 0 unspecified atom stereocenters. The van der Waals surface area contributed by atoms with Gasteiger partial charge in [-0.1, -0.05) is 55.0 Å². The topological polar surface area (TPSA) is 78.9 Å². The first kappa shape index (κ1) is 18.5. The number of nitrogens with one attached hydrogen (secondary N) is 1. The van der Waals surface area contributed by atoms with E-state index < -0.39 is 18.2 Å². The molecule has 6 nitrogen and oxygen atoms in total. The van der Waals surface area contributed by atoms with Crippen LogP contribution in [0.5, 0.6) is 0 Å². The van der Waals surface area contributed by atoms with Gasteiger partial charge in [-0.05, 0) is 35.1 Å². The average molecular weight is 380 g/mol. The van der Waals surface area contributed by atoms with E-state index in [0.717, 1.165) is 41.5 Å². The van der Waals surface area contributed by atoms with Gasteiger partial charge in [0.25, 0.3) is 0 Å². The molecule has 0 spiro atoms. The molecule has 6 heteroatoms. The number of nitrogens with zero attached hydrogens (tertiary/aromatic N) is 1. The molecule has 1 atom stereocenters. The Bertz CT molecular complexity index is 831. The molecule has 2 N–H and O–H groups in total. The van der Waals surface area contributed by atoms with E-state index in [0.29, 0.717) is 13.1 Å². The van der Waals surface area contributed by atoms with E-state index in [9.17, 15) is 14.7 Å². The van der Waals surface area contributed by atoms with E-state index in [2.05, 4.69) is 29.6 Å². The Labute approximate surface area is 164 Å². The van der Waals surface area contributed by atoms with Crippen molar-refractivity contribution in [3.05, 3.63) is 59.7 Å². The average Bonchev–Trinajstić information content (AvgIpc) is 3.05. The zero-order chi connectivity index (χ0) is 19.5. The van der Waals surface area contributed by atoms with Crippen LogP contribution in [0.4, 0.5) is 4.79 Å². The summed E-state index contributed by atoms with van der Waals surface area (Å²) in [5.41, 5.74) is 4.57. The minimum absolute atomic E-state index is 0.0450. The SMILES string of the molecule is O=C(N[C@H](C(=O)O)N1CCCCC1)OCC1c2ccccc2-c2ccccc21. The lowest BCUT2D eigenvalue weighted by molar-refractivity contribution is -0.144. The van der Waals surface area contributed by atoms with E-state index in [4.69, 9.17) is 4.74 Å². The van der Waals surface area contributed by atoms with Crippen LogP contribution in [0.3, 0.4) is 0 Å². The first-order valence-electron chi connectivity index (χ1n) is 9.73. The highest BCUT2D eigenvalue weighted by atomic mass is 16.5. The maximum Gasteiger partial charge on any atom is 0.408 e. The monoisotopic (exact) mass is 380 g/mol. The van der Waals surface area contributed by atoms with E-state index in [-0.39, 0.29) is 12.5 Å². The molecular weight excluding hydrogens is 356 g/mol. The second-order valence-corrected chi connectivity index (χ2v) is 7.31. The molecule has 1 heterocycles. The van der Waals surface area contributed by atoms with Crippen molar-refractivity contribution in [3.8, 4) is 11.1 Å². The van der Waals surface area contributed by atoms with E-state index >= 15 is 0 Å². The molecule has 1 fully saturated rings. The van der Waals surface area contributed by atoms with Crippen LogP contribution in [0.25, 0.3) is 11.1 Å².